The van der Waals surface area contributed by atoms with Gasteiger partial charge in [-0.25, -0.2) is 0 Å². The summed E-state index contributed by atoms with van der Waals surface area (Å²) in [5, 5.41) is 3.17. The number of nitrogens with two attached hydrogens (primary N) is 1. The summed E-state index contributed by atoms with van der Waals surface area (Å²) in [5.41, 5.74) is 5.48. The van der Waals surface area contributed by atoms with Crippen LogP contribution in [0.1, 0.15) is 58.3 Å². The summed E-state index contributed by atoms with van der Waals surface area (Å²) in [6, 6.07) is 0. The number of carbonyl (C=O) groups excluding carboxylic acids is 1. The van der Waals surface area contributed by atoms with Gasteiger partial charge in [-0.2, -0.15) is 0 Å². The van der Waals surface area contributed by atoms with Crippen LogP contribution in [-0.2, 0) is 4.79 Å². The SMILES string of the molecule is CC1(NC(=O)C2(N)CCC2)CCCCC1. The molecule has 0 saturated heterocycles. The Morgan fingerprint density at radius 2 is 1.67 bits per heavy atom. The molecule has 0 bridgehead atoms. The number of hydrogen-bond donors (Lipinski definition) is 2. The van der Waals surface area contributed by atoms with E-state index in [1.54, 1.807) is 0 Å². The van der Waals surface area contributed by atoms with Crippen LogP contribution in [0.3, 0.4) is 0 Å². The van der Waals surface area contributed by atoms with Crippen molar-refractivity contribution in [2.75, 3.05) is 0 Å². The highest BCUT2D eigenvalue weighted by molar-refractivity contribution is 5.87. The van der Waals surface area contributed by atoms with Gasteiger partial charge in [0.1, 0.15) is 0 Å². The molecule has 3 nitrogen and oxygen atoms in total. The maximum absolute atomic E-state index is 12.0. The van der Waals surface area contributed by atoms with Crippen LogP contribution in [0.5, 0.6) is 0 Å². The van der Waals surface area contributed by atoms with Crippen molar-refractivity contribution in [3.63, 3.8) is 0 Å². The molecule has 86 valence electrons. The van der Waals surface area contributed by atoms with Crippen LogP contribution in [0.2, 0.25) is 0 Å². The zero-order valence-corrected chi connectivity index (χ0v) is 9.64. The number of hydrogen-bond acceptors (Lipinski definition) is 2. The lowest BCUT2D eigenvalue weighted by Crippen LogP contribution is -2.63. The van der Waals surface area contributed by atoms with E-state index in [2.05, 4.69) is 12.2 Å². The first kappa shape index (κ1) is 10.9. The van der Waals surface area contributed by atoms with Crippen molar-refractivity contribution in [3.8, 4) is 0 Å². The van der Waals surface area contributed by atoms with E-state index in [9.17, 15) is 4.79 Å². The van der Waals surface area contributed by atoms with Crippen LogP contribution in [0.25, 0.3) is 0 Å². The van der Waals surface area contributed by atoms with Gasteiger partial charge in [-0.3, -0.25) is 4.79 Å². The van der Waals surface area contributed by atoms with E-state index in [1.165, 1.54) is 19.3 Å². The number of nitrogens with one attached hydrogen (secondary N) is 1. The van der Waals surface area contributed by atoms with Crippen molar-refractivity contribution in [1.29, 1.82) is 0 Å². The van der Waals surface area contributed by atoms with Crippen LogP contribution in [0.15, 0.2) is 0 Å². The molecule has 3 N–H and O–H groups in total. The molecule has 1 amide bonds. The molecule has 0 aromatic rings. The van der Waals surface area contributed by atoms with E-state index in [-0.39, 0.29) is 11.4 Å². The number of rotatable bonds is 2. The predicted molar refractivity (Wildman–Crippen MR) is 60.4 cm³/mol. The molecule has 0 aliphatic heterocycles. The lowest BCUT2D eigenvalue weighted by Gasteiger charge is -2.42. The van der Waals surface area contributed by atoms with E-state index in [4.69, 9.17) is 5.73 Å². The molecule has 0 radical (unpaired) electrons. The molecule has 2 aliphatic rings. The van der Waals surface area contributed by atoms with Crippen LogP contribution in [-0.4, -0.2) is 17.0 Å². The fraction of sp³-hybridized carbons (Fsp3) is 0.917. The highest BCUT2D eigenvalue weighted by Gasteiger charge is 2.42. The molecule has 2 rings (SSSR count). The second-order valence-corrected chi connectivity index (χ2v) is 5.59. The van der Waals surface area contributed by atoms with Crippen LogP contribution in [0, 0.1) is 0 Å². The van der Waals surface area contributed by atoms with E-state index in [0.29, 0.717) is 0 Å². The molecule has 0 unspecified atom stereocenters. The Morgan fingerprint density at radius 1 is 1.07 bits per heavy atom. The Hall–Kier alpha value is -0.570. The maximum atomic E-state index is 12.0. The fourth-order valence-corrected chi connectivity index (χ4v) is 2.64. The third-order valence-electron chi connectivity index (χ3n) is 4.07. The van der Waals surface area contributed by atoms with Crippen molar-refractivity contribution in [1.82, 2.24) is 5.32 Å². The summed E-state index contributed by atoms with van der Waals surface area (Å²) in [7, 11) is 0. The third-order valence-corrected chi connectivity index (χ3v) is 4.07. The predicted octanol–water partition coefficient (Wildman–Crippen LogP) is 1.71. The topological polar surface area (TPSA) is 55.1 Å². The number of amides is 1. The average Bonchev–Trinajstić information content (AvgIpc) is 2.14. The maximum Gasteiger partial charge on any atom is 0.240 e. The van der Waals surface area contributed by atoms with Gasteiger partial charge in [0.15, 0.2) is 0 Å². The fourth-order valence-electron chi connectivity index (χ4n) is 2.64. The van der Waals surface area contributed by atoms with Gasteiger partial charge in [-0.05, 0) is 39.0 Å². The molecular weight excluding hydrogens is 188 g/mol. The standard InChI is InChI=1S/C12H22N2O/c1-11(6-3-2-4-7-11)14-10(15)12(13)8-5-9-12/h2-9,13H2,1H3,(H,14,15). The summed E-state index contributed by atoms with van der Waals surface area (Å²) < 4.78 is 0. The Balaban J connectivity index is 1.92. The first-order chi connectivity index (χ1) is 7.04. The second-order valence-electron chi connectivity index (χ2n) is 5.59. The second kappa shape index (κ2) is 3.78. The largest absolute Gasteiger partial charge is 0.349 e. The van der Waals surface area contributed by atoms with Crippen molar-refractivity contribution in [2.24, 2.45) is 5.73 Å². The van der Waals surface area contributed by atoms with Gasteiger partial charge in [0.05, 0.1) is 5.54 Å². The lowest BCUT2D eigenvalue weighted by atomic mass is 9.75. The van der Waals surface area contributed by atoms with Gasteiger partial charge in [0.25, 0.3) is 0 Å². The van der Waals surface area contributed by atoms with Gasteiger partial charge >= 0.3 is 0 Å². The van der Waals surface area contributed by atoms with Gasteiger partial charge in [-0.1, -0.05) is 19.3 Å². The first-order valence-electron chi connectivity index (χ1n) is 6.16. The first-order valence-corrected chi connectivity index (χ1v) is 6.16. The summed E-state index contributed by atoms with van der Waals surface area (Å²) >= 11 is 0. The Morgan fingerprint density at radius 3 is 2.13 bits per heavy atom. The summed E-state index contributed by atoms with van der Waals surface area (Å²) in [4.78, 5) is 12.0. The summed E-state index contributed by atoms with van der Waals surface area (Å²) in [6.07, 6.45) is 8.79. The summed E-state index contributed by atoms with van der Waals surface area (Å²) in [6.45, 7) is 2.16. The molecule has 2 fully saturated rings. The Bertz CT molecular complexity index is 252. The minimum atomic E-state index is -0.541. The van der Waals surface area contributed by atoms with Gasteiger partial charge < -0.3 is 11.1 Å². The molecule has 0 aromatic heterocycles. The molecule has 0 heterocycles. The van der Waals surface area contributed by atoms with Gasteiger partial charge in [0, 0.05) is 5.54 Å². The van der Waals surface area contributed by atoms with Crippen molar-refractivity contribution < 1.29 is 4.79 Å². The van der Waals surface area contributed by atoms with Crippen molar-refractivity contribution in [2.45, 2.75) is 69.4 Å². The molecule has 3 heteroatoms. The lowest BCUT2D eigenvalue weighted by molar-refractivity contribution is -0.131. The minimum Gasteiger partial charge on any atom is -0.349 e. The van der Waals surface area contributed by atoms with E-state index >= 15 is 0 Å². The van der Waals surface area contributed by atoms with Crippen LogP contribution < -0.4 is 11.1 Å². The van der Waals surface area contributed by atoms with Crippen molar-refractivity contribution >= 4 is 5.91 Å². The van der Waals surface area contributed by atoms with E-state index in [0.717, 1.165) is 32.1 Å². The highest BCUT2D eigenvalue weighted by Crippen LogP contribution is 2.32. The third kappa shape index (κ3) is 2.17. The normalized spacial score (nSPS) is 27.9. The monoisotopic (exact) mass is 210 g/mol. The molecule has 15 heavy (non-hydrogen) atoms. The summed E-state index contributed by atoms with van der Waals surface area (Å²) in [5.74, 6) is 0.0816. The average molecular weight is 210 g/mol. The molecule has 2 aliphatic carbocycles. The minimum absolute atomic E-state index is 0.0112. The van der Waals surface area contributed by atoms with E-state index < -0.39 is 5.54 Å². The van der Waals surface area contributed by atoms with Crippen LogP contribution >= 0.6 is 0 Å². The Kier molecular flexibility index (Phi) is 2.75. The molecule has 2 saturated carbocycles. The molecule has 0 atom stereocenters. The van der Waals surface area contributed by atoms with Crippen LogP contribution in [0.4, 0.5) is 0 Å². The quantitative estimate of drug-likeness (QED) is 0.729. The smallest absolute Gasteiger partial charge is 0.240 e. The Labute approximate surface area is 91.8 Å². The van der Waals surface area contributed by atoms with Crippen molar-refractivity contribution in [3.05, 3.63) is 0 Å². The highest BCUT2D eigenvalue weighted by atomic mass is 16.2. The molecule has 0 aromatic carbocycles. The zero-order valence-electron chi connectivity index (χ0n) is 9.64. The van der Waals surface area contributed by atoms with Gasteiger partial charge in [-0.15, -0.1) is 0 Å². The molecular formula is C12H22N2O. The number of carbonyl (C=O) groups is 1. The zero-order chi connectivity index (χ0) is 10.9. The van der Waals surface area contributed by atoms with Gasteiger partial charge in [0.2, 0.25) is 5.91 Å². The molecule has 0 spiro atoms. The van der Waals surface area contributed by atoms with E-state index in [1.807, 2.05) is 0 Å².